The molecule has 1 saturated heterocycles. The van der Waals surface area contributed by atoms with Gasteiger partial charge in [0.25, 0.3) is 0 Å². The first kappa shape index (κ1) is 12.5. The number of benzene rings is 1. The van der Waals surface area contributed by atoms with E-state index < -0.39 is 0 Å². The van der Waals surface area contributed by atoms with Crippen LogP contribution in [0.5, 0.6) is 11.5 Å². The average Bonchev–Trinajstić information content (AvgIpc) is 2.97. The SMILES string of the molecule is C1=COc2cc(CCCCN3CCCC3)ccc2O1. The number of nitrogens with zero attached hydrogens (tertiary/aromatic N) is 1. The lowest BCUT2D eigenvalue weighted by Gasteiger charge is -2.15. The summed E-state index contributed by atoms with van der Waals surface area (Å²) in [6.07, 6.45) is 9.57. The molecule has 2 aliphatic heterocycles. The molecule has 2 aliphatic rings. The summed E-state index contributed by atoms with van der Waals surface area (Å²) in [5.41, 5.74) is 1.33. The van der Waals surface area contributed by atoms with Crippen molar-refractivity contribution in [1.82, 2.24) is 4.90 Å². The quantitative estimate of drug-likeness (QED) is 0.757. The summed E-state index contributed by atoms with van der Waals surface area (Å²) < 4.78 is 10.8. The third kappa shape index (κ3) is 3.29. The lowest BCUT2D eigenvalue weighted by molar-refractivity contribution is 0.330. The van der Waals surface area contributed by atoms with E-state index in [0.717, 1.165) is 17.9 Å². The Morgan fingerprint density at radius 3 is 2.58 bits per heavy atom. The fourth-order valence-corrected chi connectivity index (χ4v) is 2.77. The number of ether oxygens (including phenoxy) is 2. The molecule has 1 aromatic rings. The normalized spacial score (nSPS) is 17.9. The number of likely N-dealkylation sites (tertiary alicyclic amines) is 1. The highest BCUT2D eigenvalue weighted by molar-refractivity contribution is 5.44. The van der Waals surface area contributed by atoms with Gasteiger partial charge in [-0.25, -0.2) is 0 Å². The van der Waals surface area contributed by atoms with Crippen LogP contribution in [0, 0.1) is 0 Å². The largest absolute Gasteiger partial charge is 0.458 e. The Kier molecular flexibility index (Phi) is 4.04. The minimum Gasteiger partial charge on any atom is -0.458 e. The fourth-order valence-electron chi connectivity index (χ4n) is 2.77. The molecule has 3 rings (SSSR count). The zero-order valence-electron chi connectivity index (χ0n) is 11.3. The molecule has 19 heavy (non-hydrogen) atoms. The first-order valence-corrected chi connectivity index (χ1v) is 7.25. The fraction of sp³-hybridized carbons (Fsp3) is 0.500. The molecule has 0 bridgehead atoms. The van der Waals surface area contributed by atoms with Gasteiger partial charge in [0.2, 0.25) is 0 Å². The molecule has 3 nitrogen and oxygen atoms in total. The molecule has 0 saturated carbocycles. The maximum atomic E-state index is 5.44. The van der Waals surface area contributed by atoms with Crippen LogP contribution in [-0.4, -0.2) is 24.5 Å². The molecule has 0 radical (unpaired) electrons. The average molecular weight is 259 g/mol. The van der Waals surface area contributed by atoms with Crippen LogP contribution in [0.1, 0.15) is 31.2 Å². The number of aryl methyl sites for hydroxylation is 1. The van der Waals surface area contributed by atoms with Crippen LogP contribution >= 0.6 is 0 Å². The van der Waals surface area contributed by atoms with Crippen molar-refractivity contribution in [2.45, 2.75) is 32.1 Å². The van der Waals surface area contributed by atoms with Gasteiger partial charge in [0.15, 0.2) is 11.5 Å². The van der Waals surface area contributed by atoms with Gasteiger partial charge in [0.05, 0.1) is 0 Å². The van der Waals surface area contributed by atoms with E-state index in [0.29, 0.717) is 0 Å². The topological polar surface area (TPSA) is 21.7 Å². The second-order valence-electron chi connectivity index (χ2n) is 5.29. The molecule has 0 atom stereocenters. The molecule has 3 heteroatoms. The molecule has 0 N–H and O–H groups in total. The highest BCUT2D eigenvalue weighted by atomic mass is 16.5. The van der Waals surface area contributed by atoms with Crippen molar-refractivity contribution in [2.75, 3.05) is 19.6 Å². The van der Waals surface area contributed by atoms with Gasteiger partial charge in [0.1, 0.15) is 12.5 Å². The van der Waals surface area contributed by atoms with E-state index >= 15 is 0 Å². The molecular weight excluding hydrogens is 238 g/mol. The third-order valence-corrected chi connectivity index (χ3v) is 3.84. The van der Waals surface area contributed by atoms with Crippen LogP contribution in [0.2, 0.25) is 0 Å². The van der Waals surface area contributed by atoms with Crippen LogP contribution in [0.3, 0.4) is 0 Å². The maximum Gasteiger partial charge on any atom is 0.169 e. The Morgan fingerprint density at radius 2 is 1.74 bits per heavy atom. The minimum absolute atomic E-state index is 0.809. The summed E-state index contributed by atoms with van der Waals surface area (Å²) in [7, 11) is 0. The van der Waals surface area contributed by atoms with Gasteiger partial charge < -0.3 is 14.4 Å². The van der Waals surface area contributed by atoms with Crippen LogP contribution < -0.4 is 9.47 Å². The van der Waals surface area contributed by atoms with Crippen molar-refractivity contribution in [1.29, 1.82) is 0 Å². The summed E-state index contributed by atoms with van der Waals surface area (Å²) in [4.78, 5) is 2.58. The number of fused-ring (bicyclic) bond motifs is 1. The van der Waals surface area contributed by atoms with E-state index in [1.165, 1.54) is 50.9 Å². The van der Waals surface area contributed by atoms with Gasteiger partial charge in [-0.1, -0.05) is 6.07 Å². The van der Waals surface area contributed by atoms with Gasteiger partial charge in [-0.15, -0.1) is 0 Å². The Labute approximate surface area is 114 Å². The van der Waals surface area contributed by atoms with E-state index in [4.69, 9.17) is 9.47 Å². The van der Waals surface area contributed by atoms with Crippen molar-refractivity contribution < 1.29 is 9.47 Å². The molecule has 0 aromatic heterocycles. The Balaban J connectivity index is 1.45. The molecule has 1 aromatic carbocycles. The first-order chi connectivity index (χ1) is 9.42. The highest BCUT2D eigenvalue weighted by Crippen LogP contribution is 2.31. The van der Waals surface area contributed by atoms with Crippen LogP contribution in [-0.2, 0) is 6.42 Å². The van der Waals surface area contributed by atoms with Crippen molar-refractivity contribution in [3.05, 3.63) is 36.3 Å². The van der Waals surface area contributed by atoms with Crippen molar-refractivity contribution in [3.63, 3.8) is 0 Å². The van der Waals surface area contributed by atoms with Gasteiger partial charge in [0, 0.05) is 0 Å². The second-order valence-corrected chi connectivity index (χ2v) is 5.29. The first-order valence-electron chi connectivity index (χ1n) is 7.25. The second kappa shape index (κ2) is 6.11. The summed E-state index contributed by atoms with van der Waals surface area (Å²) in [6, 6.07) is 6.22. The zero-order valence-corrected chi connectivity index (χ0v) is 11.3. The molecular formula is C16H21NO2. The molecule has 2 heterocycles. The molecule has 102 valence electrons. The van der Waals surface area contributed by atoms with Crippen LogP contribution in [0.4, 0.5) is 0 Å². The Bertz CT molecular complexity index is 450. The zero-order chi connectivity index (χ0) is 12.9. The number of hydrogen-bond donors (Lipinski definition) is 0. The Morgan fingerprint density at radius 1 is 0.947 bits per heavy atom. The summed E-state index contributed by atoms with van der Waals surface area (Å²) in [6.45, 7) is 3.86. The highest BCUT2D eigenvalue weighted by Gasteiger charge is 2.11. The number of hydrogen-bond acceptors (Lipinski definition) is 3. The maximum absolute atomic E-state index is 5.44. The lowest BCUT2D eigenvalue weighted by atomic mass is 10.1. The predicted octanol–water partition coefficient (Wildman–Crippen LogP) is 3.35. The monoisotopic (exact) mass is 259 g/mol. The van der Waals surface area contributed by atoms with E-state index in [9.17, 15) is 0 Å². The standard InChI is InChI=1S/C16H21NO2/c1(2-8-17-9-3-4-10-17)5-14-6-7-15-16(13-14)19-12-11-18-15/h6-7,11-13H,1-5,8-10H2. The van der Waals surface area contributed by atoms with Gasteiger partial charge >= 0.3 is 0 Å². The van der Waals surface area contributed by atoms with E-state index in [-0.39, 0.29) is 0 Å². The van der Waals surface area contributed by atoms with E-state index in [2.05, 4.69) is 17.0 Å². The van der Waals surface area contributed by atoms with Gasteiger partial charge in [-0.05, 0) is 69.4 Å². The smallest absolute Gasteiger partial charge is 0.169 e. The van der Waals surface area contributed by atoms with E-state index in [1.807, 2.05) is 6.07 Å². The molecule has 0 aliphatic carbocycles. The summed E-state index contributed by atoms with van der Waals surface area (Å²) >= 11 is 0. The van der Waals surface area contributed by atoms with Crippen LogP contribution in [0.25, 0.3) is 0 Å². The Hall–Kier alpha value is -1.48. The molecule has 0 spiro atoms. The molecule has 0 unspecified atom stereocenters. The van der Waals surface area contributed by atoms with Gasteiger partial charge in [-0.2, -0.15) is 0 Å². The third-order valence-electron chi connectivity index (χ3n) is 3.84. The number of rotatable bonds is 5. The molecule has 1 fully saturated rings. The minimum atomic E-state index is 0.809. The van der Waals surface area contributed by atoms with Crippen molar-refractivity contribution >= 4 is 0 Å². The number of unbranched alkanes of at least 4 members (excludes halogenated alkanes) is 1. The van der Waals surface area contributed by atoms with Crippen molar-refractivity contribution in [2.24, 2.45) is 0 Å². The summed E-state index contributed by atoms with van der Waals surface area (Å²) in [5.74, 6) is 1.64. The van der Waals surface area contributed by atoms with Crippen LogP contribution in [0.15, 0.2) is 30.7 Å². The van der Waals surface area contributed by atoms with Gasteiger partial charge in [-0.3, -0.25) is 0 Å². The lowest BCUT2D eigenvalue weighted by Crippen LogP contribution is -2.20. The predicted molar refractivity (Wildman–Crippen MR) is 75.5 cm³/mol. The van der Waals surface area contributed by atoms with E-state index in [1.54, 1.807) is 12.5 Å². The molecule has 0 amide bonds. The van der Waals surface area contributed by atoms with Crippen molar-refractivity contribution in [3.8, 4) is 11.5 Å². The summed E-state index contributed by atoms with van der Waals surface area (Å²) in [5, 5.41) is 0.